The van der Waals surface area contributed by atoms with Gasteiger partial charge in [-0.3, -0.25) is 14.3 Å². The van der Waals surface area contributed by atoms with Crippen molar-refractivity contribution >= 4 is 23.5 Å². The maximum absolute atomic E-state index is 12.2. The lowest BCUT2D eigenvalue weighted by Crippen LogP contribution is -2.44. The molecule has 11 nitrogen and oxygen atoms in total. The Balaban J connectivity index is 1.78. The Bertz CT molecular complexity index is 891. The zero-order valence-electron chi connectivity index (χ0n) is 13.7. The summed E-state index contributed by atoms with van der Waals surface area (Å²) in [4.78, 5) is 28.9. The van der Waals surface area contributed by atoms with Crippen LogP contribution in [0.15, 0.2) is 16.1 Å². The van der Waals surface area contributed by atoms with Gasteiger partial charge in [0.05, 0.1) is 25.9 Å². The van der Waals surface area contributed by atoms with Gasteiger partial charge in [0, 0.05) is 14.1 Å². The lowest BCUT2D eigenvalue weighted by atomic mass is 10.0. The van der Waals surface area contributed by atoms with Gasteiger partial charge in [0.25, 0.3) is 5.56 Å². The number of H-pyrrole nitrogens is 1. The van der Waals surface area contributed by atoms with E-state index in [1.165, 1.54) is 17.2 Å². The molecule has 4 atom stereocenters. The number of fused-ring (bicyclic) bond motifs is 3. The fraction of sp³-hybridized carbons (Fsp3) is 0.571. The van der Waals surface area contributed by atoms with Crippen LogP contribution in [0.4, 0.5) is 5.95 Å². The molecule has 0 spiro atoms. The van der Waals surface area contributed by atoms with Crippen LogP contribution in [-0.2, 0) is 9.47 Å². The topological polar surface area (TPSA) is 138 Å². The van der Waals surface area contributed by atoms with E-state index in [4.69, 9.17) is 9.47 Å². The first-order chi connectivity index (χ1) is 11.9. The Kier molecular flexibility index (Phi) is 3.61. The summed E-state index contributed by atoms with van der Waals surface area (Å²) in [5.41, 5.74) is -1.21. The van der Waals surface area contributed by atoms with Crippen molar-refractivity contribution in [1.29, 1.82) is 0 Å². The highest BCUT2D eigenvalue weighted by atomic mass is 16.7. The van der Waals surface area contributed by atoms with E-state index in [-0.39, 0.29) is 30.3 Å². The third kappa shape index (κ3) is 2.35. The average Bonchev–Trinajstić information content (AvgIpc) is 3.23. The maximum atomic E-state index is 12.2. The third-order valence-corrected chi connectivity index (χ3v) is 4.38. The molecule has 2 bridgehead atoms. The molecule has 25 heavy (non-hydrogen) atoms. The number of aromatic nitrogens is 4. The lowest BCUT2D eigenvalue weighted by molar-refractivity contribution is -0.185. The smallest absolute Gasteiger partial charge is 0.280 e. The molecule has 2 aliphatic rings. The van der Waals surface area contributed by atoms with Gasteiger partial charge in [0.1, 0.15) is 17.8 Å². The van der Waals surface area contributed by atoms with Gasteiger partial charge in [-0.15, -0.1) is 0 Å². The van der Waals surface area contributed by atoms with E-state index in [1.54, 1.807) is 19.0 Å². The van der Waals surface area contributed by atoms with Gasteiger partial charge in [0.2, 0.25) is 5.95 Å². The molecular weight excluding hydrogens is 332 g/mol. The molecule has 0 aromatic carbocycles. The number of aliphatic imine (C=N–C) groups is 1. The number of ether oxygens (including phenoxy) is 2. The van der Waals surface area contributed by atoms with Crippen molar-refractivity contribution in [1.82, 2.24) is 24.4 Å². The van der Waals surface area contributed by atoms with E-state index in [9.17, 15) is 15.0 Å². The number of hydrogen-bond acceptors (Lipinski definition) is 8. The number of aliphatic hydroxyl groups excluding tert-OH is 2. The van der Waals surface area contributed by atoms with E-state index >= 15 is 0 Å². The van der Waals surface area contributed by atoms with Crippen LogP contribution in [0.2, 0.25) is 0 Å². The summed E-state index contributed by atoms with van der Waals surface area (Å²) in [5, 5.41) is 19.9. The van der Waals surface area contributed by atoms with E-state index in [1.807, 2.05) is 0 Å². The zero-order chi connectivity index (χ0) is 17.8. The molecule has 2 aromatic heterocycles. The summed E-state index contributed by atoms with van der Waals surface area (Å²) in [5.74, 6) is 0.120. The number of aliphatic hydroxyl groups is 2. The van der Waals surface area contributed by atoms with Gasteiger partial charge in [-0.25, -0.2) is 9.98 Å². The van der Waals surface area contributed by atoms with Crippen molar-refractivity contribution in [3.05, 3.63) is 16.7 Å². The predicted octanol–water partition coefficient (Wildman–Crippen LogP) is -1.64. The van der Waals surface area contributed by atoms with E-state index in [0.717, 1.165) is 0 Å². The highest BCUT2D eigenvalue weighted by molar-refractivity contribution is 5.71. The number of nitrogens with one attached hydrogen (secondary N) is 1. The van der Waals surface area contributed by atoms with Crippen LogP contribution in [0, 0.1) is 0 Å². The summed E-state index contributed by atoms with van der Waals surface area (Å²) in [6.45, 7) is -0.273. The van der Waals surface area contributed by atoms with Gasteiger partial charge < -0.3 is 24.6 Å². The van der Waals surface area contributed by atoms with Crippen LogP contribution >= 0.6 is 0 Å². The van der Waals surface area contributed by atoms with E-state index < -0.39 is 29.6 Å². The summed E-state index contributed by atoms with van der Waals surface area (Å²) < 4.78 is 12.9. The van der Waals surface area contributed by atoms with E-state index in [0.29, 0.717) is 0 Å². The molecule has 3 N–H and O–H groups in total. The second-order valence-electron chi connectivity index (χ2n) is 6.37. The molecule has 0 radical (unpaired) electrons. The van der Waals surface area contributed by atoms with Crippen LogP contribution in [-0.4, -0.2) is 86.1 Å². The van der Waals surface area contributed by atoms with Crippen LogP contribution in [0.5, 0.6) is 0 Å². The minimum absolute atomic E-state index is 0.102. The molecule has 4 rings (SSSR count). The van der Waals surface area contributed by atoms with Crippen molar-refractivity contribution in [2.45, 2.75) is 24.0 Å². The van der Waals surface area contributed by atoms with E-state index in [2.05, 4.69) is 19.9 Å². The van der Waals surface area contributed by atoms with Crippen molar-refractivity contribution in [3.63, 3.8) is 0 Å². The molecule has 0 aliphatic carbocycles. The zero-order valence-corrected chi connectivity index (χ0v) is 13.7. The lowest BCUT2D eigenvalue weighted by Gasteiger charge is -2.29. The average molecular weight is 350 g/mol. The number of nitrogens with zero attached hydrogens (tertiary/aromatic N) is 5. The van der Waals surface area contributed by atoms with Crippen LogP contribution in [0.3, 0.4) is 0 Å². The quantitative estimate of drug-likeness (QED) is 0.441. The van der Waals surface area contributed by atoms with Gasteiger partial charge in [-0.1, -0.05) is 0 Å². The van der Waals surface area contributed by atoms with Crippen LogP contribution in [0.1, 0.15) is 6.23 Å². The Labute approximate surface area is 141 Å². The molecule has 2 aromatic rings. The monoisotopic (exact) mass is 350 g/mol. The molecule has 1 unspecified atom stereocenters. The fourth-order valence-electron chi connectivity index (χ4n) is 3.09. The second-order valence-corrected chi connectivity index (χ2v) is 6.37. The first kappa shape index (κ1) is 16.1. The molecule has 134 valence electrons. The van der Waals surface area contributed by atoms with Crippen LogP contribution < -0.4 is 5.56 Å². The summed E-state index contributed by atoms with van der Waals surface area (Å²) >= 11 is 0. The normalized spacial score (nSPS) is 31.4. The Morgan fingerprint density at radius 2 is 2.40 bits per heavy atom. The van der Waals surface area contributed by atoms with Crippen molar-refractivity contribution in [2.24, 2.45) is 4.99 Å². The number of rotatable bonds is 4. The summed E-state index contributed by atoms with van der Waals surface area (Å²) in [6.07, 6.45) is 0.499. The minimum Gasteiger partial charge on any atom is -0.393 e. The predicted molar refractivity (Wildman–Crippen MR) is 85.7 cm³/mol. The molecule has 2 fully saturated rings. The van der Waals surface area contributed by atoms with Gasteiger partial charge in [-0.2, -0.15) is 4.98 Å². The Hall–Kier alpha value is -2.34. The fourth-order valence-corrected chi connectivity index (χ4v) is 3.09. The standard InChI is InChI=1S/C14H18N6O5/c1-19(2)5-16-13-17-10-7(11(23)18-13)15-6-20(10)12-8-9(22)14(3-21,25-12)4-24-8/h5-6,8-9,12,21-22H,3-4H2,1-2H3,(H,17,18,23)/t8-,9?,12+,14-/m0/s1. The second kappa shape index (κ2) is 5.59. The van der Waals surface area contributed by atoms with Crippen LogP contribution in [0.25, 0.3) is 11.2 Å². The third-order valence-electron chi connectivity index (χ3n) is 4.38. The Morgan fingerprint density at radius 1 is 1.60 bits per heavy atom. The number of hydrogen-bond donors (Lipinski definition) is 3. The SMILES string of the molecule is CN(C)C=Nc1nc2c(ncn2[C@@H]2O[C@@]3(CO)CO[C@H]2C3O)c(=O)[nH]1. The molecule has 0 saturated carbocycles. The summed E-state index contributed by atoms with van der Waals surface area (Å²) in [7, 11) is 3.58. The maximum Gasteiger partial charge on any atom is 0.280 e. The molecule has 0 amide bonds. The Morgan fingerprint density at radius 3 is 3.08 bits per heavy atom. The van der Waals surface area contributed by atoms with Gasteiger partial charge in [0.15, 0.2) is 17.4 Å². The summed E-state index contributed by atoms with van der Waals surface area (Å²) in [6, 6.07) is 0. The number of aromatic amines is 1. The largest absolute Gasteiger partial charge is 0.393 e. The van der Waals surface area contributed by atoms with Gasteiger partial charge >= 0.3 is 0 Å². The first-order valence-electron chi connectivity index (χ1n) is 7.71. The molecule has 11 heteroatoms. The highest BCUT2D eigenvalue weighted by Gasteiger charge is 2.61. The minimum atomic E-state index is -1.17. The molecule has 2 saturated heterocycles. The molecular formula is C14H18N6O5. The molecule has 4 heterocycles. The van der Waals surface area contributed by atoms with Crippen molar-refractivity contribution in [3.8, 4) is 0 Å². The van der Waals surface area contributed by atoms with Gasteiger partial charge in [-0.05, 0) is 0 Å². The number of imidazole rings is 1. The van der Waals surface area contributed by atoms with Crippen molar-refractivity contribution < 1.29 is 19.7 Å². The highest BCUT2D eigenvalue weighted by Crippen LogP contribution is 2.45. The molecule has 2 aliphatic heterocycles. The van der Waals surface area contributed by atoms with Crippen molar-refractivity contribution in [2.75, 3.05) is 27.3 Å². The first-order valence-corrected chi connectivity index (χ1v) is 7.71.